The van der Waals surface area contributed by atoms with Gasteiger partial charge >= 0.3 is 0 Å². The number of nitro groups is 1. The average Bonchev–Trinajstić information content (AvgIpc) is 2.68. The van der Waals surface area contributed by atoms with Gasteiger partial charge in [-0.15, -0.1) is 0 Å². The number of hydrogen-bond acceptors (Lipinski definition) is 7. The summed E-state index contributed by atoms with van der Waals surface area (Å²) in [4.78, 5) is 39.3. The topological polar surface area (TPSA) is 123 Å². The van der Waals surface area contributed by atoms with Crippen molar-refractivity contribution in [1.29, 1.82) is 0 Å². The summed E-state index contributed by atoms with van der Waals surface area (Å²) in [6.45, 7) is 0. The lowest BCUT2D eigenvalue weighted by Crippen LogP contribution is -2.41. The summed E-state index contributed by atoms with van der Waals surface area (Å²) >= 11 is 7.06. The molecule has 1 heterocycles. The fourth-order valence-electron chi connectivity index (χ4n) is 2.52. The molecule has 1 fully saturated rings. The number of nitrogens with zero attached hydrogens (tertiary/aromatic N) is 2. The monoisotopic (exact) mass is 434 g/mol. The molecular weight excluding hydrogens is 420 g/mol. The number of halogens is 1. The Morgan fingerprint density at radius 2 is 2.17 bits per heavy atom. The number of ether oxygens (including phenoxy) is 1. The molecule has 2 amide bonds. The molecular formula is C18H15ClN4O5S. The van der Waals surface area contributed by atoms with Gasteiger partial charge in [0.2, 0.25) is 11.8 Å². The van der Waals surface area contributed by atoms with Crippen molar-refractivity contribution in [3.05, 3.63) is 57.6 Å². The van der Waals surface area contributed by atoms with Crippen LogP contribution in [0.3, 0.4) is 0 Å². The number of methoxy groups -OCH3 is 1. The highest BCUT2D eigenvalue weighted by atomic mass is 35.5. The minimum atomic E-state index is -0.757. The number of rotatable bonds is 5. The van der Waals surface area contributed by atoms with Gasteiger partial charge in [-0.05, 0) is 24.3 Å². The molecule has 0 aromatic heterocycles. The average molecular weight is 435 g/mol. The SMILES string of the molecule is COc1ccc(Cl)cc1N=C1NC(=O)C[C@H](C(=O)Nc2cccc([N+](=O)[O-])c2)S1. The minimum Gasteiger partial charge on any atom is -0.494 e. The lowest BCUT2D eigenvalue weighted by atomic mass is 10.2. The molecule has 1 aliphatic rings. The Hall–Kier alpha value is -3.11. The molecule has 9 nitrogen and oxygen atoms in total. The van der Waals surface area contributed by atoms with E-state index in [9.17, 15) is 19.7 Å². The lowest BCUT2D eigenvalue weighted by Gasteiger charge is -2.22. The van der Waals surface area contributed by atoms with E-state index >= 15 is 0 Å². The molecule has 3 rings (SSSR count). The molecule has 29 heavy (non-hydrogen) atoms. The number of amidine groups is 1. The van der Waals surface area contributed by atoms with E-state index in [1.807, 2.05) is 0 Å². The van der Waals surface area contributed by atoms with E-state index in [1.165, 1.54) is 31.4 Å². The third-order valence-electron chi connectivity index (χ3n) is 3.85. The maximum atomic E-state index is 12.6. The normalized spacial score (nSPS) is 17.5. The van der Waals surface area contributed by atoms with Gasteiger partial charge < -0.3 is 15.4 Å². The van der Waals surface area contributed by atoms with Crippen molar-refractivity contribution in [2.24, 2.45) is 4.99 Å². The summed E-state index contributed by atoms with van der Waals surface area (Å²) in [5.41, 5.74) is 0.528. The van der Waals surface area contributed by atoms with Crippen molar-refractivity contribution in [3.63, 3.8) is 0 Å². The Bertz CT molecular complexity index is 1010. The third kappa shape index (κ3) is 5.24. The van der Waals surface area contributed by atoms with Crippen molar-refractivity contribution in [3.8, 4) is 5.75 Å². The first-order valence-electron chi connectivity index (χ1n) is 8.30. The van der Waals surface area contributed by atoms with E-state index in [2.05, 4.69) is 15.6 Å². The zero-order chi connectivity index (χ0) is 21.0. The van der Waals surface area contributed by atoms with Gasteiger partial charge in [-0.25, -0.2) is 4.99 Å². The van der Waals surface area contributed by atoms with Crippen LogP contribution >= 0.6 is 23.4 Å². The molecule has 0 radical (unpaired) electrons. The van der Waals surface area contributed by atoms with Crippen LogP contribution in [0.4, 0.5) is 17.1 Å². The van der Waals surface area contributed by atoms with Crippen LogP contribution in [0.2, 0.25) is 5.02 Å². The van der Waals surface area contributed by atoms with E-state index in [0.29, 0.717) is 16.5 Å². The molecule has 0 aliphatic carbocycles. The largest absolute Gasteiger partial charge is 0.494 e. The predicted molar refractivity (Wildman–Crippen MR) is 111 cm³/mol. The van der Waals surface area contributed by atoms with Gasteiger partial charge in [-0.2, -0.15) is 0 Å². The molecule has 2 N–H and O–H groups in total. The molecule has 11 heteroatoms. The standard InChI is InChI=1S/C18H15ClN4O5S/c1-28-14-6-5-10(19)7-13(14)21-18-22-16(24)9-15(29-18)17(25)20-11-3-2-4-12(8-11)23(26)27/h2-8,15H,9H2,1H3,(H,20,25)(H,21,22,24)/t15-/m1/s1. The van der Waals surface area contributed by atoms with Crippen molar-refractivity contribution < 1.29 is 19.2 Å². The minimum absolute atomic E-state index is 0.0584. The second-order valence-electron chi connectivity index (χ2n) is 5.89. The summed E-state index contributed by atoms with van der Waals surface area (Å²) < 4.78 is 5.23. The first kappa shape index (κ1) is 20.6. The number of non-ortho nitro benzene ring substituents is 1. The number of anilines is 1. The summed E-state index contributed by atoms with van der Waals surface area (Å²) in [7, 11) is 1.48. The molecule has 1 aliphatic heterocycles. The van der Waals surface area contributed by atoms with E-state index in [0.717, 1.165) is 11.8 Å². The Kier molecular flexibility index (Phi) is 6.35. The molecule has 0 bridgehead atoms. The molecule has 0 saturated carbocycles. The van der Waals surface area contributed by atoms with E-state index in [-0.39, 0.29) is 28.9 Å². The second-order valence-corrected chi connectivity index (χ2v) is 7.52. The van der Waals surface area contributed by atoms with Gasteiger partial charge in [0.05, 0.1) is 12.0 Å². The number of benzene rings is 2. The van der Waals surface area contributed by atoms with Gasteiger partial charge in [0.15, 0.2) is 5.17 Å². The van der Waals surface area contributed by atoms with Gasteiger partial charge in [0.25, 0.3) is 5.69 Å². The lowest BCUT2D eigenvalue weighted by molar-refractivity contribution is -0.384. The number of hydrogen-bond donors (Lipinski definition) is 2. The van der Waals surface area contributed by atoms with E-state index < -0.39 is 16.1 Å². The van der Waals surface area contributed by atoms with Crippen molar-refractivity contribution in [2.45, 2.75) is 11.7 Å². The quantitative estimate of drug-likeness (QED) is 0.548. The van der Waals surface area contributed by atoms with Crippen LogP contribution < -0.4 is 15.4 Å². The molecule has 1 saturated heterocycles. The zero-order valence-corrected chi connectivity index (χ0v) is 16.6. The fraction of sp³-hybridized carbons (Fsp3) is 0.167. The smallest absolute Gasteiger partial charge is 0.271 e. The number of carbonyl (C=O) groups excluding carboxylic acids is 2. The van der Waals surface area contributed by atoms with Crippen LogP contribution in [-0.2, 0) is 9.59 Å². The Morgan fingerprint density at radius 3 is 2.90 bits per heavy atom. The number of nitrogens with one attached hydrogen (secondary N) is 2. The highest BCUT2D eigenvalue weighted by molar-refractivity contribution is 8.15. The van der Waals surface area contributed by atoms with E-state index in [4.69, 9.17) is 16.3 Å². The van der Waals surface area contributed by atoms with Crippen molar-refractivity contribution in [1.82, 2.24) is 5.32 Å². The van der Waals surface area contributed by atoms with Crippen LogP contribution in [0.1, 0.15) is 6.42 Å². The molecule has 0 spiro atoms. The molecule has 1 atom stereocenters. The Balaban J connectivity index is 1.78. The number of thioether (sulfide) groups is 1. The van der Waals surface area contributed by atoms with Gasteiger partial charge in [-0.3, -0.25) is 19.7 Å². The second kappa shape index (κ2) is 8.93. The Labute approximate surface area is 174 Å². The number of carbonyl (C=O) groups is 2. The van der Waals surface area contributed by atoms with Gasteiger partial charge in [0, 0.05) is 29.3 Å². The van der Waals surface area contributed by atoms with Gasteiger partial charge in [0.1, 0.15) is 16.7 Å². The summed E-state index contributed by atoms with van der Waals surface area (Å²) in [6.07, 6.45) is -0.0584. The zero-order valence-electron chi connectivity index (χ0n) is 15.0. The molecule has 2 aromatic rings. The van der Waals surface area contributed by atoms with Crippen LogP contribution in [0, 0.1) is 10.1 Å². The number of aliphatic imine (C=N–C) groups is 1. The summed E-state index contributed by atoms with van der Waals surface area (Å²) in [6, 6.07) is 10.4. The predicted octanol–water partition coefficient (Wildman–Crippen LogP) is 3.50. The van der Waals surface area contributed by atoms with Crippen LogP contribution in [0.15, 0.2) is 47.5 Å². The summed E-state index contributed by atoms with van der Waals surface area (Å²) in [5, 5.41) is 16.0. The van der Waals surface area contributed by atoms with E-state index in [1.54, 1.807) is 18.2 Å². The third-order valence-corrected chi connectivity index (χ3v) is 5.17. The van der Waals surface area contributed by atoms with Crippen molar-refractivity contribution in [2.75, 3.05) is 12.4 Å². The number of nitro benzene ring substituents is 1. The van der Waals surface area contributed by atoms with Crippen LogP contribution in [0.5, 0.6) is 5.75 Å². The summed E-state index contributed by atoms with van der Waals surface area (Å²) in [5.74, 6) is -0.376. The van der Waals surface area contributed by atoms with Crippen LogP contribution in [-0.4, -0.2) is 34.3 Å². The van der Waals surface area contributed by atoms with Gasteiger partial charge in [-0.1, -0.05) is 29.4 Å². The Morgan fingerprint density at radius 1 is 1.38 bits per heavy atom. The first-order valence-corrected chi connectivity index (χ1v) is 9.55. The van der Waals surface area contributed by atoms with Crippen molar-refractivity contribution >= 4 is 57.4 Å². The highest BCUT2D eigenvalue weighted by Crippen LogP contribution is 2.33. The fourth-order valence-corrected chi connectivity index (χ4v) is 3.69. The van der Waals surface area contributed by atoms with Crippen LogP contribution in [0.25, 0.3) is 0 Å². The number of amides is 2. The molecule has 2 aromatic carbocycles. The maximum absolute atomic E-state index is 12.6. The molecule has 0 unspecified atom stereocenters. The maximum Gasteiger partial charge on any atom is 0.271 e. The molecule has 150 valence electrons. The first-order chi connectivity index (χ1) is 13.9. The highest BCUT2D eigenvalue weighted by Gasteiger charge is 2.30.